The van der Waals surface area contributed by atoms with E-state index in [9.17, 15) is 0 Å². The zero-order valence-electron chi connectivity index (χ0n) is 4.57. The van der Waals surface area contributed by atoms with Crippen molar-refractivity contribution in [1.82, 2.24) is 16.0 Å². The van der Waals surface area contributed by atoms with E-state index in [0.717, 1.165) is 0 Å². The minimum Gasteiger partial charge on any atom is -0.365 e. The summed E-state index contributed by atoms with van der Waals surface area (Å²) in [6.45, 7) is 0. The molecule has 0 aliphatic carbocycles. The van der Waals surface area contributed by atoms with Gasteiger partial charge in [-0.1, -0.05) is 0 Å². The van der Waals surface area contributed by atoms with Crippen molar-refractivity contribution in [1.29, 1.82) is 0 Å². The average molecular weight is 135 g/mol. The zero-order valence-corrected chi connectivity index (χ0v) is 4.57. The van der Waals surface area contributed by atoms with Gasteiger partial charge in [-0.3, -0.25) is 0 Å². The van der Waals surface area contributed by atoms with Gasteiger partial charge < -0.3 is 15.3 Å². The molecule has 54 valence electrons. The normalized spacial score (nSPS) is 45.0. The smallest absolute Gasteiger partial charge is 0.166 e. The first-order valence-corrected chi connectivity index (χ1v) is 2.51. The Labute approximate surface area is 51.5 Å². The number of nitrogens with one attached hydrogen (secondary N) is 3. The minimum atomic E-state index is -1.07. The van der Waals surface area contributed by atoms with Crippen LogP contribution in [0.15, 0.2) is 0 Å². The molecule has 1 heterocycles. The summed E-state index contributed by atoms with van der Waals surface area (Å²) in [4.78, 5) is 0. The molecule has 0 aromatic rings. The topological polar surface area (TPSA) is 96.8 Å². The second-order valence-electron chi connectivity index (χ2n) is 1.71. The molecule has 1 saturated heterocycles. The lowest BCUT2D eigenvalue weighted by Crippen LogP contribution is -2.67. The predicted octanol–water partition coefficient (Wildman–Crippen LogP) is -3.40. The number of rotatable bonds is 0. The van der Waals surface area contributed by atoms with Crippen LogP contribution in [0.3, 0.4) is 0 Å². The summed E-state index contributed by atoms with van der Waals surface area (Å²) in [5.41, 5.74) is 0. The summed E-state index contributed by atoms with van der Waals surface area (Å²) in [5.74, 6) is 0. The summed E-state index contributed by atoms with van der Waals surface area (Å²) in [6, 6.07) is 0. The Kier molecular flexibility index (Phi) is 1.96. The van der Waals surface area contributed by atoms with E-state index < -0.39 is 19.1 Å². The van der Waals surface area contributed by atoms with Crippen molar-refractivity contribution >= 4 is 0 Å². The third-order valence-corrected chi connectivity index (χ3v) is 0.947. The standard InChI is InChI=1S/C3H9N3O3/c7-1-4-2(8)6-3(9)5-1/h1-9H. The SMILES string of the molecule is OC1NC(O)NC(O)N1. The van der Waals surface area contributed by atoms with Crippen molar-refractivity contribution in [3.05, 3.63) is 0 Å². The number of hydrogen-bond acceptors (Lipinski definition) is 6. The van der Waals surface area contributed by atoms with E-state index in [1.54, 1.807) is 0 Å². The Morgan fingerprint density at radius 2 is 0.889 bits per heavy atom. The molecule has 0 unspecified atom stereocenters. The van der Waals surface area contributed by atoms with Gasteiger partial charge in [-0.15, -0.1) is 0 Å². The van der Waals surface area contributed by atoms with Crippen molar-refractivity contribution in [3.8, 4) is 0 Å². The molecule has 1 aliphatic heterocycles. The maximum atomic E-state index is 8.67. The second kappa shape index (κ2) is 2.56. The van der Waals surface area contributed by atoms with E-state index in [-0.39, 0.29) is 0 Å². The average Bonchev–Trinajstić information content (AvgIpc) is 1.59. The summed E-state index contributed by atoms with van der Waals surface area (Å²) >= 11 is 0. The highest BCUT2D eigenvalue weighted by molar-refractivity contribution is 4.63. The van der Waals surface area contributed by atoms with Gasteiger partial charge in [0.1, 0.15) is 0 Å². The molecule has 1 rings (SSSR count). The first-order chi connectivity index (χ1) is 4.18. The quantitative estimate of drug-likeness (QED) is 0.207. The number of aliphatic hydroxyl groups excluding tert-OH is 3. The number of aliphatic hydroxyl groups is 3. The van der Waals surface area contributed by atoms with Crippen LogP contribution in [0, 0.1) is 0 Å². The summed E-state index contributed by atoms with van der Waals surface area (Å²) in [6.07, 6.45) is -3.22. The summed E-state index contributed by atoms with van der Waals surface area (Å²) < 4.78 is 0. The van der Waals surface area contributed by atoms with Gasteiger partial charge in [-0.05, 0) is 0 Å². The lowest BCUT2D eigenvalue weighted by molar-refractivity contribution is -0.102. The Balaban J connectivity index is 2.34. The summed E-state index contributed by atoms with van der Waals surface area (Å²) in [7, 11) is 0. The molecule has 0 saturated carbocycles. The van der Waals surface area contributed by atoms with Gasteiger partial charge in [0, 0.05) is 0 Å². The van der Waals surface area contributed by atoms with Gasteiger partial charge in [-0.25, -0.2) is 16.0 Å². The molecule has 9 heavy (non-hydrogen) atoms. The maximum Gasteiger partial charge on any atom is 0.166 e. The van der Waals surface area contributed by atoms with Crippen molar-refractivity contribution in [3.63, 3.8) is 0 Å². The Morgan fingerprint density at radius 1 is 0.667 bits per heavy atom. The molecule has 0 radical (unpaired) electrons. The van der Waals surface area contributed by atoms with Crippen LogP contribution in [-0.4, -0.2) is 34.4 Å². The molecule has 6 nitrogen and oxygen atoms in total. The predicted molar refractivity (Wildman–Crippen MR) is 27.4 cm³/mol. The largest absolute Gasteiger partial charge is 0.365 e. The van der Waals surface area contributed by atoms with E-state index >= 15 is 0 Å². The van der Waals surface area contributed by atoms with Crippen molar-refractivity contribution in [2.75, 3.05) is 0 Å². The third-order valence-electron chi connectivity index (χ3n) is 0.947. The molecule has 0 amide bonds. The Morgan fingerprint density at radius 3 is 1.11 bits per heavy atom. The first-order valence-electron chi connectivity index (χ1n) is 2.51. The molecule has 0 bridgehead atoms. The molecule has 0 aromatic heterocycles. The van der Waals surface area contributed by atoms with Crippen LogP contribution >= 0.6 is 0 Å². The van der Waals surface area contributed by atoms with E-state index in [2.05, 4.69) is 16.0 Å². The third kappa shape index (κ3) is 1.86. The van der Waals surface area contributed by atoms with Gasteiger partial charge in [0.2, 0.25) is 0 Å². The minimum absolute atomic E-state index is 1.07. The monoisotopic (exact) mass is 135 g/mol. The lowest BCUT2D eigenvalue weighted by atomic mass is 10.6. The molecule has 0 aromatic carbocycles. The molecule has 6 heteroatoms. The van der Waals surface area contributed by atoms with E-state index in [1.807, 2.05) is 0 Å². The summed E-state index contributed by atoms with van der Waals surface area (Å²) in [5, 5.41) is 32.7. The fourth-order valence-corrected chi connectivity index (χ4v) is 0.593. The van der Waals surface area contributed by atoms with Crippen LogP contribution in [0.5, 0.6) is 0 Å². The van der Waals surface area contributed by atoms with E-state index in [1.165, 1.54) is 0 Å². The van der Waals surface area contributed by atoms with E-state index in [4.69, 9.17) is 15.3 Å². The zero-order chi connectivity index (χ0) is 6.85. The van der Waals surface area contributed by atoms with Crippen LogP contribution in [-0.2, 0) is 0 Å². The highest BCUT2D eigenvalue weighted by Gasteiger charge is 2.20. The van der Waals surface area contributed by atoms with Gasteiger partial charge in [0.25, 0.3) is 0 Å². The molecule has 0 atom stereocenters. The molecular weight excluding hydrogens is 126 g/mol. The highest BCUT2D eigenvalue weighted by atomic mass is 16.4. The Bertz CT molecular complexity index is 75.3. The maximum absolute atomic E-state index is 8.67. The highest BCUT2D eigenvalue weighted by Crippen LogP contribution is 1.84. The first kappa shape index (κ1) is 6.87. The fraction of sp³-hybridized carbons (Fsp3) is 1.00. The molecular formula is C3H9N3O3. The van der Waals surface area contributed by atoms with Gasteiger partial charge in [-0.2, -0.15) is 0 Å². The molecule has 1 fully saturated rings. The molecule has 6 N–H and O–H groups in total. The van der Waals surface area contributed by atoms with E-state index in [0.29, 0.717) is 0 Å². The molecule has 0 spiro atoms. The lowest BCUT2D eigenvalue weighted by Gasteiger charge is -2.30. The van der Waals surface area contributed by atoms with Crippen LogP contribution in [0.1, 0.15) is 0 Å². The van der Waals surface area contributed by atoms with Crippen LogP contribution in [0.25, 0.3) is 0 Å². The van der Waals surface area contributed by atoms with Gasteiger partial charge in [0.05, 0.1) is 0 Å². The van der Waals surface area contributed by atoms with Gasteiger partial charge >= 0.3 is 0 Å². The molecule has 1 aliphatic rings. The van der Waals surface area contributed by atoms with Crippen LogP contribution in [0.4, 0.5) is 0 Å². The van der Waals surface area contributed by atoms with Crippen LogP contribution < -0.4 is 16.0 Å². The van der Waals surface area contributed by atoms with Gasteiger partial charge in [0.15, 0.2) is 19.1 Å². The van der Waals surface area contributed by atoms with Crippen molar-refractivity contribution in [2.45, 2.75) is 19.1 Å². The second-order valence-corrected chi connectivity index (χ2v) is 1.71. The van der Waals surface area contributed by atoms with Crippen molar-refractivity contribution < 1.29 is 15.3 Å². The Hall–Kier alpha value is -0.240. The van der Waals surface area contributed by atoms with Crippen molar-refractivity contribution in [2.24, 2.45) is 0 Å². The number of hydrogen-bond donors (Lipinski definition) is 6. The van der Waals surface area contributed by atoms with Crippen LogP contribution in [0.2, 0.25) is 0 Å². The fourth-order valence-electron chi connectivity index (χ4n) is 0.593.